The minimum atomic E-state index is -3.99. The number of halogens is 2. The van der Waals surface area contributed by atoms with Gasteiger partial charge in [0, 0.05) is 17.5 Å². The molecule has 0 saturated heterocycles. The number of thiazole rings is 1. The van der Waals surface area contributed by atoms with Crippen LogP contribution < -0.4 is 4.31 Å². The van der Waals surface area contributed by atoms with Crippen LogP contribution >= 0.6 is 22.9 Å². The first-order valence-corrected chi connectivity index (χ1v) is 11.5. The van der Waals surface area contributed by atoms with Crippen LogP contribution in [0.15, 0.2) is 46.7 Å². The third-order valence-electron chi connectivity index (χ3n) is 4.40. The molecule has 6 nitrogen and oxygen atoms in total. The highest BCUT2D eigenvalue weighted by Gasteiger charge is 2.27. The van der Waals surface area contributed by atoms with E-state index < -0.39 is 21.8 Å². The Hall–Kier alpha value is -2.49. The van der Waals surface area contributed by atoms with Crippen LogP contribution in [0.5, 0.6) is 0 Å². The molecule has 0 aliphatic rings. The summed E-state index contributed by atoms with van der Waals surface area (Å²) >= 11 is 7.05. The molecule has 158 valence electrons. The quantitative estimate of drug-likeness (QED) is 0.480. The molecule has 1 aromatic heterocycles. The number of aryl methyl sites for hydroxylation is 1. The van der Waals surface area contributed by atoms with Gasteiger partial charge in [0.25, 0.3) is 10.0 Å². The van der Waals surface area contributed by atoms with E-state index in [4.69, 9.17) is 16.3 Å². The summed E-state index contributed by atoms with van der Waals surface area (Å²) in [5.41, 5.74) is 1.36. The van der Waals surface area contributed by atoms with E-state index in [1.54, 1.807) is 25.3 Å². The third kappa shape index (κ3) is 4.19. The molecule has 0 bridgehead atoms. The lowest BCUT2D eigenvalue weighted by molar-refractivity contribution is 0.0599. The first kappa shape index (κ1) is 22.2. The molecule has 0 aliphatic carbocycles. The highest BCUT2D eigenvalue weighted by molar-refractivity contribution is 7.92. The Labute approximate surface area is 182 Å². The zero-order chi connectivity index (χ0) is 22.1. The van der Waals surface area contributed by atoms with Crippen molar-refractivity contribution in [3.63, 3.8) is 0 Å². The minimum absolute atomic E-state index is 0.0424. The van der Waals surface area contributed by atoms with Gasteiger partial charge in [-0.25, -0.2) is 26.9 Å². The van der Waals surface area contributed by atoms with Gasteiger partial charge in [-0.2, -0.15) is 0 Å². The first-order valence-electron chi connectivity index (χ1n) is 8.81. The number of methoxy groups -OCH3 is 1. The predicted molar refractivity (Wildman–Crippen MR) is 115 cm³/mol. The van der Waals surface area contributed by atoms with Gasteiger partial charge < -0.3 is 4.74 Å². The summed E-state index contributed by atoms with van der Waals surface area (Å²) in [6.07, 6.45) is 0. The van der Waals surface area contributed by atoms with Crippen molar-refractivity contribution >= 4 is 44.7 Å². The molecule has 3 aromatic rings. The summed E-state index contributed by atoms with van der Waals surface area (Å²) < 4.78 is 45.8. The number of hydrogen-bond donors (Lipinski definition) is 0. The molecule has 2 aromatic carbocycles. The molecule has 0 aliphatic heterocycles. The number of benzene rings is 2. The Morgan fingerprint density at radius 2 is 2.00 bits per heavy atom. The second kappa shape index (κ2) is 8.71. The zero-order valence-corrected chi connectivity index (χ0v) is 18.7. The second-order valence-corrected chi connectivity index (χ2v) is 9.41. The maximum atomic E-state index is 13.4. The Morgan fingerprint density at radius 1 is 1.27 bits per heavy atom. The third-order valence-corrected chi connectivity index (χ3v) is 7.45. The number of sulfonamides is 1. The molecule has 10 heteroatoms. The average Bonchev–Trinajstić information content (AvgIpc) is 3.19. The fourth-order valence-corrected chi connectivity index (χ4v) is 5.31. The molecule has 30 heavy (non-hydrogen) atoms. The lowest BCUT2D eigenvalue weighted by Crippen LogP contribution is -2.31. The molecule has 1 heterocycles. The van der Waals surface area contributed by atoms with Gasteiger partial charge in [0.1, 0.15) is 10.8 Å². The van der Waals surface area contributed by atoms with E-state index in [9.17, 15) is 17.6 Å². The van der Waals surface area contributed by atoms with Crippen molar-refractivity contribution in [3.8, 4) is 10.6 Å². The summed E-state index contributed by atoms with van der Waals surface area (Å²) in [5, 5.41) is 2.06. The van der Waals surface area contributed by atoms with E-state index in [0.29, 0.717) is 16.1 Å². The highest BCUT2D eigenvalue weighted by atomic mass is 35.5. The van der Waals surface area contributed by atoms with E-state index in [1.807, 2.05) is 0 Å². The van der Waals surface area contributed by atoms with Crippen molar-refractivity contribution in [1.82, 2.24) is 4.98 Å². The lowest BCUT2D eigenvalue weighted by Gasteiger charge is -2.21. The second-order valence-electron chi connectivity index (χ2n) is 6.28. The molecular weight excluding hydrogens is 451 g/mol. The van der Waals surface area contributed by atoms with E-state index in [0.717, 1.165) is 4.31 Å². The van der Waals surface area contributed by atoms with Crippen LogP contribution in [0.1, 0.15) is 22.8 Å². The van der Waals surface area contributed by atoms with Gasteiger partial charge in [-0.3, -0.25) is 0 Å². The molecule has 0 unspecified atom stereocenters. The molecule has 3 rings (SSSR count). The number of ether oxygens (including phenoxy) is 1. The van der Waals surface area contributed by atoms with Gasteiger partial charge in [0.2, 0.25) is 0 Å². The summed E-state index contributed by atoms with van der Waals surface area (Å²) in [6, 6.07) is 8.48. The lowest BCUT2D eigenvalue weighted by atomic mass is 10.1. The number of aromatic nitrogens is 1. The van der Waals surface area contributed by atoms with Crippen LogP contribution in [0.25, 0.3) is 10.6 Å². The molecular formula is C20H18ClFN2O4S2. The van der Waals surface area contributed by atoms with Crippen molar-refractivity contribution in [1.29, 1.82) is 0 Å². The Balaban J connectivity index is 2.01. The van der Waals surface area contributed by atoms with Crippen LogP contribution in [0.3, 0.4) is 0 Å². The van der Waals surface area contributed by atoms with Crippen LogP contribution in [-0.4, -0.2) is 33.0 Å². The van der Waals surface area contributed by atoms with E-state index in [-0.39, 0.29) is 27.8 Å². The standard InChI is InChI=1S/C20H18ClFN2O4S2/c1-4-24(18-11-29-19(23-18)13-6-8-17(22)16(21)9-13)30(26,27)14-7-5-12(2)15(10-14)20(25)28-3/h5-11H,4H2,1-3H3. The SMILES string of the molecule is CCN(c1csc(-c2ccc(F)c(Cl)c2)n1)S(=O)(=O)c1ccc(C)c(C(=O)OC)c1. The Kier molecular flexibility index (Phi) is 6.44. The summed E-state index contributed by atoms with van der Waals surface area (Å²) in [7, 11) is -2.75. The molecule has 0 saturated carbocycles. The number of hydrogen-bond acceptors (Lipinski definition) is 6. The van der Waals surface area contributed by atoms with Crippen molar-refractivity contribution in [3.05, 3.63) is 63.7 Å². The van der Waals surface area contributed by atoms with E-state index >= 15 is 0 Å². The number of carbonyl (C=O) groups excluding carboxylic acids is 1. The summed E-state index contributed by atoms with van der Waals surface area (Å²) in [4.78, 5) is 16.3. The minimum Gasteiger partial charge on any atom is -0.465 e. The van der Waals surface area contributed by atoms with Gasteiger partial charge in [0.05, 0.1) is 22.6 Å². The summed E-state index contributed by atoms with van der Waals surface area (Å²) in [6.45, 7) is 3.50. The molecule has 0 spiro atoms. The number of nitrogens with zero attached hydrogens (tertiary/aromatic N) is 2. The monoisotopic (exact) mass is 468 g/mol. The topological polar surface area (TPSA) is 76.6 Å². The Bertz CT molecular complexity index is 1210. The number of esters is 1. The highest BCUT2D eigenvalue weighted by Crippen LogP contribution is 2.32. The number of anilines is 1. The van der Waals surface area contributed by atoms with E-state index in [1.165, 1.54) is 48.8 Å². The van der Waals surface area contributed by atoms with Crippen LogP contribution in [0.2, 0.25) is 5.02 Å². The normalized spacial score (nSPS) is 11.4. The van der Waals surface area contributed by atoms with Crippen molar-refractivity contribution in [2.45, 2.75) is 18.7 Å². The van der Waals surface area contributed by atoms with E-state index in [2.05, 4.69) is 4.98 Å². The van der Waals surface area contributed by atoms with Gasteiger partial charge in [0.15, 0.2) is 5.82 Å². The number of carbonyl (C=O) groups is 1. The molecule has 0 fully saturated rings. The van der Waals surface area contributed by atoms with Gasteiger partial charge >= 0.3 is 5.97 Å². The van der Waals surface area contributed by atoms with Crippen LogP contribution in [0.4, 0.5) is 10.2 Å². The van der Waals surface area contributed by atoms with Gasteiger partial charge in [-0.1, -0.05) is 17.7 Å². The van der Waals surface area contributed by atoms with Crippen molar-refractivity contribution < 1.29 is 22.3 Å². The summed E-state index contributed by atoms with van der Waals surface area (Å²) in [5.74, 6) is -0.939. The molecule has 0 amide bonds. The first-order chi connectivity index (χ1) is 14.2. The van der Waals surface area contributed by atoms with Crippen LogP contribution in [-0.2, 0) is 14.8 Å². The van der Waals surface area contributed by atoms with Gasteiger partial charge in [-0.15, -0.1) is 11.3 Å². The number of rotatable bonds is 6. The van der Waals surface area contributed by atoms with Crippen LogP contribution in [0, 0.1) is 12.7 Å². The predicted octanol–water partition coefficient (Wildman–Crippen LogP) is 4.91. The van der Waals surface area contributed by atoms with Gasteiger partial charge in [-0.05, 0) is 49.7 Å². The van der Waals surface area contributed by atoms with Crippen molar-refractivity contribution in [2.24, 2.45) is 0 Å². The Morgan fingerprint density at radius 3 is 2.63 bits per heavy atom. The molecule has 0 radical (unpaired) electrons. The maximum absolute atomic E-state index is 13.4. The largest absolute Gasteiger partial charge is 0.465 e. The molecule has 0 N–H and O–H groups in total. The van der Waals surface area contributed by atoms with Crippen molar-refractivity contribution in [2.75, 3.05) is 18.0 Å². The zero-order valence-electron chi connectivity index (χ0n) is 16.3. The fraction of sp³-hybridized carbons (Fsp3) is 0.200. The molecule has 0 atom stereocenters. The average molecular weight is 469 g/mol. The maximum Gasteiger partial charge on any atom is 0.338 e. The smallest absolute Gasteiger partial charge is 0.338 e. The fourth-order valence-electron chi connectivity index (χ4n) is 2.82.